The molecule has 0 saturated heterocycles. The molecule has 0 saturated carbocycles. The second-order valence-corrected chi connectivity index (χ2v) is 8.02. The van der Waals surface area contributed by atoms with Crippen molar-refractivity contribution < 1.29 is 9.18 Å². The first kappa shape index (κ1) is 17.1. The Morgan fingerprint density at radius 1 is 1.14 bits per heavy atom. The molecule has 2 aromatic heterocycles. The zero-order chi connectivity index (χ0) is 19.3. The summed E-state index contributed by atoms with van der Waals surface area (Å²) in [7, 11) is 0. The lowest BCUT2D eigenvalue weighted by Crippen LogP contribution is -2.34. The quantitative estimate of drug-likeness (QED) is 0.475. The van der Waals surface area contributed by atoms with Crippen LogP contribution in [0.3, 0.4) is 0 Å². The van der Waals surface area contributed by atoms with Crippen molar-refractivity contribution in [2.24, 2.45) is 0 Å². The summed E-state index contributed by atoms with van der Waals surface area (Å²) >= 11 is 1.44. The number of hydrogen-bond acceptors (Lipinski definition) is 3. The molecular formula is C22H18FN3OS. The molecule has 0 spiro atoms. The molecule has 0 aliphatic carbocycles. The van der Waals surface area contributed by atoms with Crippen molar-refractivity contribution in [1.82, 2.24) is 9.78 Å². The van der Waals surface area contributed by atoms with E-state index < -0.39 is 0 Å². The number of hydrogen-bond donors (Lipinski definition) is 0. The zero-order valence-electron chi connectivity index (χ0n) is 15.4. The lowest BCUT2D eigenvalue weighted by molar-refractivity contribution is 0.0989. The topological polar surface area (TPSA) is 38.1 Å². The summed E-state index contributed by atoms with van der Waals surface area (Å²) in [5, 5.41) is 5.54. The maximum atomic E-state index is 13.3. The Bertz CT molecular complexity index is 1190. The molecule has 0 radical (unpaired) electrons. The maximum Gasteiger partial charge on any atom is 0.268 e. The third-order valence-electron chi connectivity index (χ3n) is 5.18. The van der Waals surface area contributed by atoms with E-state index in [0.29, 0.717) is 4.88 Å². The van der Waals surface area contributed by atoms with Crippen LogP contribution in [-0.2, 0) is 6.42 Å². The van der Waals surface area contributed by atoms with Gasteiger partial charge in [-0.25, -0.2) is 9.07 Å². The number of nitrogens with zero attached hydrogens (tertiary/aromatic N) is 3. The number of benzene rings is 2. The van der Waals surface area contributed by atoms with Gasteiger partial charge in [-0.15, -0.1) is 11.3 Å². The lowest BCUT2D eigenvalue weighted by Gasteiger charge is -2.29. The van der Waals surface area contributed by atoms with Crippen molar-refractivity contribution in [2.75, 3.05) is 11.4 Å². The summed E-state index contributed by atoms with van der Waals surface area (Å²) in [5.74, 6) is -0.256. The Labute approximate surface area is 165 Å². The van der Waals surface area contributed by atoms with Gasteiger partial charge in [0.1, 0.15) is 10.6 Å². The van der Waals surface area contributed by atoms with Gasteiger partial charge >= 0.3 is 0 Å². The highest BCUT2D eigenvalue weighted by Gasteiger charge is 2.26. The van der Waals surface area contributed by atoms with Crippen molar-refractivity contribution in [3.8, 4) is 5.69 Å². The molecular weight excluding hydrogens is 373 g/mol. The fourth-order valence-corrected chi connectivity index (χ4v) is 4.92. The second kappa shape index (κ2) is 6.56. The largest absolute Gasteiger partial charge is 0.307 e. The summed E-state index contributed by atoms with van der Waals surface area (Å²) in [6.45, 7) is 2.66. The number of fused-ring (bicyclic) bond motifs is 2. The van der Waals surface area contributed by atoms with Crippen molar-refractivity contribution in [3.05, 3.63) is 76.5 Å². The molecule has 0 bridgehead atoms. The molecule has 0 fully saturated rings. The smallest absolute Gasteiger partial charge is 0.268 e. The fraction of sp³-hybridized carbons (Fsp3) is 0.182. The third kappa shape index (κ3) is 2.72. The van der Waals surface area contributed by atoms with E-state index in [0.717, 1.165) is 46.7 Å². The van der Waals surface area contributed by atoms with E-state index in [-0.39, 0.29) is 11.7 Å². The van der Waals surface area contributed by atoms with Crippen molar-refractivity contribution in [2.45, 2.75) is 19.8 Å². The van der Waals surface area contributed by atoms with Crippen LogP contribution in [-0.4, -0.2) is 22.2 Å². The Balaban J connectivity index is 1.57. The number of carbonyl (C=O) groups is 1. The highest BCUT2D eigenvalue weighted by molar-refractivity contribution is 7.20. The van der Waals surface area contributed by atoms with E-state index in [9.17, 15) is 9.18 Å². The third-order valence-corrected chi connectivity index (χ3v) is 6.28. The molecule has 0 atom stereocenters. The van der Waals surface area contributed by atoms with Crippen LogP contribution in [0.25, 0.3) is 15.9 Å². The molecule has 28 heavy (non-hydrogen) atoms. The number of para-hydroxylation sites is 1. The first-order valence-corrected chi connectivity index (χ1v) is 10.1. The van der Waals surface area contributed by atoms with E-state index in [4.69, 9.17) is 0 Å². The molecule has 2 aromatic carbocycles. The Hall–Kier alpha value is -2.99. The summed E-state index contributed by atoms with van der Waals surface area (Å²) in [6, 6.07) is 16.3. The molecule has 0 N–H and O–H groups in total. The monoisotopic (exact) mass is 391 g/mol. The van der Waals surface area contributed by atoms with Crippen LogP contribution in [0.5, 0.6) is 0 Å². The van der Waals surface area contributed by atoms with Gasteiger partial charge in [0.25, 0.3) is 5.91 Å². The molecule has 1 aliphatic rings. The van der Waals surface area contributed by atoms with Crippen LogP contribution in [0.15, 0.2) is 54.6 Å². The van der Waals surface area contributed by atoms with Gasteiger partial charge in [0, 0.05) is 17.6 Å². The van der Waals surface area contributed by atoms with E-state index in [2.05, 4.69) is 11.2 Å². The number of aryl methyl sites for hydroxylation is 2. The number of halogens is 1. The normalized spacial score (nSPS) is 13.7. The number of rotatable bonds is 2. The Kier molecular flexibility index (Phi) is 4.02. The average Bonchev–Trinajstić information content (AvgIpc) is 3.28. The molecule has 4 aromatic rings. The van der Waals surface area contributed by atoms with Gasteiger partial charge in [0.2, 0.25) is 0 Å². The van der Waals surface area contributed by atoms with E-state index in [1.165, 1.54) is 29.0 Å². The molecule has 6 heteroatoms. The number of aromatic nitrogens is 2. The molecule has 140 valence electrons. The van der Waals surface area contributed by atoms with Crippen molar-refractivity contribution in [3.63, 3.8) is 0 Å². The SMILES string of the molecule is Cc1nn(-c2ccc(F)cc2)c2sc(C(=O)N3CCCc4ccccc43)cc12. The van der Waals surface area contributed by atoms with Gasteiger partial charge in [-0.05, 0) is 61.7 Å². The first-order chi connectivity index (χ1) is 13.6. The number of thiophene rings is 1. The summed E-state index contributed by atoms with van der Waals surface area (Å²) in [5.41, 5.74) is 3.86. The molecule has 5 rings (SSSR count). The highest BCUT2D eigenvalue weighted by Crippen LogP contribution is 2.34. The van der Waals surface area contributed by atoms with E-state index in [1.807, 2.05) is 36.1 Å². The van der Waals surface area contributed by atoms with Gasteiger partial charge < -0.3 is 4.90 Å². The minimum atomic E-state index is -0.283. The number of carbonyl (C=O) groups excluding carboxylic acids is 1. The highest BCUT2D eigenvalue weighted by atomic mass is 32.1. The summed E-state index contributed by atoms with van der Waals surface area (Å²) < 4.78 is 15.1. The predicted molar refractivity (Wildman–Crippen MR) is 110 cm³/mol. The van der Waals surface area contributed by atoms with Gasteiger partial charge in [-0.3, -0.25) is 4.79 Å². The van der Waals surface area contributed by atoms with Crippen LogP contribution < -0.4 is 4.90 Å². The number of amides is 1. The minimum absolute atomic E-state index is 0.0263. The van der Waals surface area contributed by atoms with Crippen LogP contribution in [0.4, 0.5) is 10.1 Å². The fourth-order valence-electron chi connectivity index (χ4n) is 3.79. The van der Waals surface area contributed by atoms with Gasteiger partial charge in [0.15, 0.2) is 0 Å². The van der Waals surface area contributed by atoms with Gasteiger partial charge in [-0.1, -0.05) is 18.2 Å². The van der Waals surface area contributed by atoms with E-state index >= 15 is 0 Å². The van der Waals surface area contributed by atoms with Crippen LogP contribution in [0, 0.1) is 12.7 Å². The zero-order valence-corrected chi connectivity index (χ0v) is 16.2. The lowest BCUT2D eigenvalue weighted by atomic mass is 10.0. The predicted octanol–water partition coefficient (Wildman–Crippen LogP) is 5.13. The Morgan fingerprint density at radius 3 is 2.75 bits per heavy atom. The molecule has 0 unspecified atom stereocenters. The molecule has 3 heterocycles. The molecule has 1 amide bonds. The standard InChI is InChI=1S/C22H18FN3OS/c1-14-18-13-20(21(27)25-12-4-6-15-5-2-3-7-19(15)25)28-22(18)26(24-14)17-10-8-16(23)9-11-17/h2-3,5,7-11,13H,4,6,12H2,1H3. The van der Waals surface area contributed by atoms with Crippen LogP contribution in [0.2, 0.25) is 0 Å². The minimum Gasteiger partial charge on any atom is -0.307 e. The van der Waals surface area contributed by atoms with Gasteiger partial charge in [-0.2, -0.15) is 5.10 Å². The van der Waals surface area contributed by atoms with Crippen molar-refractivity contribution in [1.29, 1.82) is 0 Å². The maximum absolute atomic E-state index is 13.3. The summed E-state index contributed by atoms with van der Waals surface area (Å²) in [4.78, 5) is 16.8. The summed E-state index contributed by atoms with van der Waals surface area (Å²) in [6.07, 6.45) is 1.97. The van der Waals surface area contributed by atoms with Crippen molar-refractivity contribution >= 4 is 33.1 Å². The van der Waals surface area contributed by atoms with Crippen LogP contribution >= 0.6 is 11.3 Å². The molecule has 1 aliphatic heterocycles. The Morgan fingerprint density at radius 2 is 1.93 bits per heavy atom. The van der Waals surface area contributed by atoms with E-state index in [1.54, 1.807) is 16.8 Å². The average molecular weight is 391 g/mol. The second-order valence-electron chi connectivity index (χ2n) is 6.99. The first-order valence-electron chi connectivity index (χ1n) is 9.27. The molecule has 4 nitrogen and oxygen atoms in total. The van der Waals surface area contributed by atoms with Crippen LogP contribution in [0.1, 0.15) is 27.3 Å². The van der Waals surface area contributed by atoms with Gasteiger partial charge in [0.05, 0.1) is 16.3 Å². The number of anilines is 1.